The molecule has 0 saturated carbocycles. The molecule has 3 aromatic rings. The molecule has 9 heteroatoms. The zero-order valence-corrected chi connectivity index (χ0v) is 18.8. The Hall–Kier alpha value is -2.69. The minimum absolute atomic E-state index is 0. The number of halogens is 1. The van der Waals surface area contributed by atoms with Crippen LogP contribution in [0.2, 0.25) is 0 Å². The van der Waals surface area contributed by atoms with Crippen LogP contribution in [0.1, 0.15) is 18.3 Å². The lowest BCUT2D eigenvalue weighted by Gasteiger charge is -2.14. The van der Waals surface area contributed by atoms with Crippen molar-refractivity contribution in [1.82, 2.24) is 25.8 Å². The minimum atomic E-state index is 0. The lowest BCUT2D eigenvalue weighted by molar-refractivity contribution is 0.336. The van der Waals surface area contributed by atoms with E-state index in [9.17, 15) is 0 Å². The molecule has 0 aliphatic rings. The summed E-state index contributed by atoms with van der Waals surface area (Å²) in [5.41, 5.74) is 1.74. The van der Waals surface area contributed by atoms with Crippen molar-refractivity contribution in [3.8, 4) is 17.3 Å². The molecular weight excluding hydrogens is 483 g/mol. The van der Waals surface area contributed by atoms with Gasteiger partial charge in [0.1, 0.15) is 11.4 Å². The van der Waals surface area contributed by atoms with Gasteiger partial charge in [0.15, 0.2) is 11.8 Å². The lowest BCUT2D eigenvalue weighted by Crippen LogP contribution is -2.38. The summed E-state index contributed by atoms with van der Waals surface area (Å²) >= 11 is 0. The first-order chi connectivity index (χ1) is 13.8. The third kappa shape index (κ3) is 6.70. The molecule has 0 aliphatic carbocycles. The molecule has 3 rings (SSSR count). The quantitative estimate of drug-likeness (QED) is 0.274. The molecule has 0 bridgehead atoms. The van der Waals surface area contributed by atoms with Crippen LogP contribution in [0.4, 0.5) is 0 Å². The fourth-order valence-electron chi connectivity index (χ4n) is 2.59. The van der Waals surface area contributed by atoms with E-state index in [1.54, 1.807) is 13.2 Å². The van der Waals surface area contributed by atoms with Crippen LogP contribution in [0.15, 0.2) is 58.2 Å². The van der Waals surface area contributed by atoms with Crippen LogP contribution in [0.3, 0.4) is 0 Å². The number of aliphatic imine (C=N–C) groups is 1. The van der Waals surface area contributed by atoms with E-state index in [2.05, 4.69) is 30.8 Å². The predicted molar refractivity (Wildman–Crippen MR) is 122 cm³/mol. The zero-order valence-electron chi connectivity index (χ0n) is 16.5. The highest BCUT2D eigenvalue weighted by Gasteiger charge is 2.10. The van der Waals surface area contributed by atoms with Crippen LogP contribution < -0.4 is 15.4 Å². The number of para-hydroxylation sites is 1. The van der Waals surface area contributed by atoms with Crippen molar-refractivity contribution in [3.63, 3.8) is 0 Å². The van der Waals surface area contributed by atoms with Gasteiger partial charge in [-0.2, -0.15) is 4.98 Å². The van der Waals surface area contributed by atoms with E-state index in [0.717, 1.165) is 11.3 Å². The van der Waals surface area contributed by atoms with Crippen molar-refractivity contribution in [3.05, 3.63) is 60.0 Å². The summed E-state index contributed by atoms with van der Waals surface area (Å²) in [7, 11) is 1.73. The van der Waals surface area contributed by atoms with E-state index in [1.807, 2.05) is 49.4 Å². The molecule has 0 fully saturated rings. The summed E-state index contributed by atoms with van der Waals surface area (Å²) in [6, 6.07) is 13.5. The maximum Gasteiger partial charge on any atom is 0.276 e. The van der Waals surface area contributed by atoms with E-state index in [0.29, 0.717) is 49.5 Å². The van der Waals surface area contributed by atoms with Gasteiger partial charge in [-0.25, -0.2) is 0 Å². The van der Waals surface area contributed by atoms with E-state index in [-0.39, 0.29) is 24.0 Å². The van der Waals surface area contributed by atoms with Crippen molar-refractivity contribution in [2.24, 2.45) is 4.99 Å². The van der Waals surface area contributed by atoms with Crippen molar-refractivity contribution in [1.29, 1.82) is 0 Å². The lowest BCUT2D eigenvalue weighted by atomic mass is 10.2. The highest BCUT2D eigenvalue weighted by atomic mass is 127. The molecule has 1 aromatic carbocycles. The highest BCUT2D eigenvalue weighted by Crippen LogP contribution is 2.17. The highest BCUT2D eigenvalue weighted by molar-refractivity contribution is 14.0. The topological polar surface area (TPSA) is 97.5 Å². The van der Waals surface area contributed by atoms with Crippen LogP contribution in [0, 0.1) is 0 Å². The number of pyridine rings is 1. The Balaban J connectivity index is 0.00000300. The molecule has 0 saturated heterocycles. The molecule has 0 amide bonds. The van der Waals surface area contributed by atoms with Gasteiger partial charge >= 0.3 is 0 Å². The van der Waals surface area contributed by atoms with Gasteiger partial charge in [-0.05, 0) is 25.1 Å². The number of aromatic nitrogens is 3. The molecule has 2 N–H and O–H groups in total. The first kappa shape index (κ1) is 22.6. The summed E-state index contributed by atoms with van der Waals surface area (Å²) in [4.78, 5) is 12.8. The Morgan fingerprint density at radius 1 is 1.14 bits per heavy atom. The number of benzene rings is 1. The first-order valence-electron chi connectivity index (χ1n) is 9.19. The standard InChI is InChI=1S/C20H24N6O2.HI/c1-3-27-17-10-5-4-8-15(17)14-24-20(21-2)23-13-11-18-25-19(28-26-18)16-9-6-7-12-22-16;/h4-10,12H,3,11,13-14H2,1-2H3,(H2,21,23,24);1H. The molecule has 154 valence electrons. The van der Waals surface area contributed by atoms with Gasteiger partial charge in [0.2, 0.25) is 0 Å². The summed E-state index contributed by atoms with van der Waals surface area (Å²) in [5.74, 6) is 2.61. The molecule has 8 nitrogen and oxygen atoms in total. The molecule has 29 heavy (non-hydrogen) atoms. The zero-order chi connectivity index (χ0) is 19.6. The number of nitrogens with one attached hydrogen (secondary N) is 2. The van der Waals surface area contributed by atoms with Gasteiger partial charge in [-0.3, -0.25) is 9.98 Å². The van der Waals surface area contributed by atoms with Gasteiger partial charge in [0, 0.05) is 38.3 Å². The molecule has 0 unspecified atom stereocenters. The molecule has 0 atom stereocenters. The average molecular weight is 508 g/mol. The largest absolute Gasteiger partial charge is 0.494 e. The fourth-order valence-corrected chi connectivity index (χ4v) is 2.59. The van der Waals surface area contributed by atoms with E-state index in [4.69, 9.17) is 9.26 Å². The van der Waals surface area contributed by atoms with E-state index < -0.39 is 0 Å². The Morgan fingerprint density at radius 3 is 2.72 bits per heavy atom. The second-order valence-electron chi connectivity index (χ2n) is 5.87. The van der Waals surface area contributed by atoms with E-state index >= 15 is 0 Å². The van der Waals surface area contributed by atoms with Gasteiger partial charge in [0.25, 0.3) is 5.89 Å². The Labute approximate surface area is 187 Å². The fraction of sp³-hybridized carbons (Fsp3) is 0.300. The summed E-state index contributed by atoms with van der Waals surface area (Å²) in [6.45, 7) is 3.84. The van der Waals surface area contributed by atoms with E-state index in [1.165, 1.54) is 0 Å². The number of hydrogen-bond donors (Lipinski definition) is 2. The Kier molecular flexibility index (Phi) is 9.35. The van der Waals surface area contributed by atoms with Gasteiger partial charge < -0.3 is 19.9 Å². The molecular formula is C20H25IN6O2. The normalized spacial score (nSPS) is 10.9. The first-order valence-corrected chi connectivity index (χ1v) is 9.19. The SMILES string of the molecule is CCOc1ccccc1CNC(=NC)NCCc1noc(-c2ccccn2)n1.I. The summed E-state index contributed by atoms with van der Waals surface area (Å²) in [5, 5.41) is 10.5. The third-order valence-corrected chi connectivity index (χ3v) is 3.94. The molecule has 2 aromatic heterocycles. The Bertz CT molecular complexity index is 901. The van der Waals surface area contributed by atoms with Crippen LogP contribution in [0.25, 0.3) is 11.6 Å². The third-order valence-electron chi connectivity index (χ3n) is 3.94. The molecule has 0 radical (unpaired) electrons. The van der Waals surface area contributed by atoms with Crippen molar-refractivity contribution < 1.29 is 9.26 Å². The summed E-state index contributed by atoms with van der Waals surface area (Å²) < 4.78 is 10.9. The van der Waals surface area contributed by atoms with Crippen LogP contribution in [-0.2, 0) is 13.0 Å². The number of nitrogens with zero attached hydrogens (tertiary/aromatic N) is 4. The van der Waals surface area contributed by atoms with Gasteiger partial charge in [0.05, 0.1) is 6.61 Å². The van der Waals surface area contributed by atoms with Gasteiger partial charge in [-0.15, -0.1) is 24.0 Å². The number of hydrogen-bond acceptors (Lipinski definition) is 6. The van der Waals surface area contributed by atoms with Crippen LogP contribution >= 0.6 is 24.0 Å². The number of ether oxygens (including phenoxy) is 1. The maximum absolute atomic E-state index is 5.65. The van der Waals surface area contributed by atoms with Crippen molar-refractivity contribution >= 4 is 29.9 Å². The van der Waals surface area contributed by atoms with Crippen LogP contribution in [-0.4, -0.2) is 41.3 Å². The molecule has 0 spiro atoms. The predicted octanol–water partition coefficient (Wildman–Crippen LogP) is 3.06. The van der Waals surface area contributed by atoms with Crippen molar-refractivity contribution in [2.75, 3.05) is 20.2 Å². The number of rotatable bonds is 8. The van der Waals surface area contributed by atoms with Crippen molar-refractivity contribution in [2.45, 2.75) is 19.9 Å². The minimum Gasteiger partial charge on any atom is -0.494 e. The molecule has 2 heterocycles. The maximum atomic E-state index is 5.65. The van der Waals surface area contributed by atoms with Crippen LogP contribution in [0.5, 0.6) is 5.75 Å². The average Bonchev–Trinajstić information content (AvgIpc) is 3.21. The second kappa shape index (κ2) is 12.0. The smallest absolute Gasteiger partial charge is 0.276 e. The molecule has 0 aliphatic heterocycles. The number of guanidine groups is 1. The Morgan fingerprint density at radius 2 is 1.97 bits per heavy atom. The van der Waals surface area contributed by atoms with Gasteiger partial charge in [-0.1, -0.05) is 29.4 Å². The monoisotopic (exact) mass is 508 g/mol. The summed E-state index contributed by atoms with van der Waals surface area (Å²) in [6.07, 6.45) is 2.30. The second-order valence-corrected chi connectivity index (χ2v) is 5.87.